The minimum absolute atomic E-state index is 0.0890. The van der Waals surface area contributed by atoms with E-state index in [0.717, 1.165) is 19.5 Å². The van der Waals surface area contributed by atoms with Crippen molar-refractivity contribution in [3.05, 3.63) is 29.8 Å². The Kier molecular flexibility index (Phi) is 7.42. The first-order valence-electron chi connectivity index (χ1n) is 10.9. The Bertz CT molecular complexity index is 772. The number of piperidine rings is 2. The third-order valence-corrected chi connectivity index (χ3v) is 5.50. The van der Waals surface area contributed by atoms with E-state index < -0.39 is 11.7 Å². The lowest BCUT2D eigenvalue weighted by molar-refractivity contribution is -0.186. The van der Waals surface area contributed by atoms with Crippen LogP contribution in [0.2, 0.25) is 0 Å². The summed E-state index contributed by atoms with van der Waals surface area (Å²) in [5.41, 5.74) is 0.166. The highest BCUT2D eigenvalue weighted by atomic mass is 16.7. The fourth-order valence-corrected chi connectivity index (χ4v) is 4.51. The number of nitrogens with zero attached hydrogens (tertiary/aromatic N) is 4. The molecular weight excluding hydrogens is 396 g/mol. The normalized spacial score (nSPS) is 22.5. The number of aliphatic hydroxyl groups excluding tert-OH is 1. The molecule has 2 bridgehead atoms. The van der Waals surface area contributed by atoms with E-state index in [0.29, 0.717) is 42.8 Å². The van der Waals surface area contributed by atoms with Gasteiger partial charge in [0.2, 0.25) is 0 Å². The molecule has 2 fully saturated rings. The van der Waals surface area contributed by atoms with Gasteiger partial charge in [-0.15, -0.1) is 0 Å². The standard InChI is InChI=1S/C23H34N4O4/c1-23(2,3)31-25(4)22(29)27-13-18-9-19(14-27)12-26(11-18)15-20(28)16-30-21-7-5-17(10-24)6-8-21/h5-8,18-20,28H,9,11-16H2,1-4H3. The molecule has 0 spiro atoms. The molecule has 0 radical (unpaired) electrons. The highest BCUT2D eigenvalue weighted by molar-refractivity contribution is 5.73. The molecule has 0 aromatic heterocycles. The van der Waals surface area contributed by atoms with Crippen molar-refractivity contribution in [2.24, 2.45) is 11.8 Å². The summed E-state index contributed by atoms with van der Waals surface area (Å²) in [6, 6.07) is 8.86. The molecule has 0 aliphatic carbocycles. The van der Waals surface area contributed by atoms with Gasteiger partial charge < -0.3 is 14.7 Å². The highest BCUT2D eigenvalue weighted by Crippen LogP contribution is 2.29. The molecule has 3 rings (SSSR count). The van der Waals surface area contributed by atoms with Gasteiger partial charge in [-0.3, -0.25) is 9.74 Å². The number of nitriles is 1. The van der Waals surface area contributed by atoms with Crippen LogP contribution in [0.1, 0.15) is 32.8 Å². The van der Waals surface area contributed by atoms with Crippen LogP contribution in [0.5, 0.6) is 5.75 Å². The van der Waals surface area contributed by atoms with Crippen LogP contribution in [0, 0.1) is 23.2 Å². The number of hydrogen-bond acceptors (Lipinski definition) is 6. The molecular formula is C23H34N4O4. The Morgan fingerprint density at radius 2 is 1.84 bits per heavy atom. The second kappa shape index (κ2) is 9.86. The number of aliphatic hydroxyl groups is 1. The molecule has 2 heterocycles. The smallest absolute Gasteiger partial charge is 0.343 e. The number of β-amino-alcohol motifs (C(OH)–C–C–N with tert-alkyl or cyclic N) is 1. The number of likely N-dealkylation sites (tertiary alicyclic amines) is 2. The molecule has 2 saturated heterocycles. The topological polar surface area (TPSA) is 89.3 Å². The van der Waals surface area contributed by atoms with E-state index in [4.69, 9.17) is 14.8 Å². The van der Waals surface area contributed by atoms with Crippen molar-refractivity contribution in [3.63, 3.8) is 0 Å². The van der Waals surface area contributed by atoms with Gasteiger partial charge in [-0.1, -0.05) is 0 Å². The fourth-order valence-electron chi connectivity index (χ4n) is 4.51. The molecule has 2 aliphatic heterocycles. The predicted octanol–water partition coefficient (Wildman–Crippen LogP) is 2.33. The van der Waals surface area contributed by atoms with Crippen molar-refractivity contribution in [1.29, 1.82) is 5.26 Å². The molecule has 0 saturated carbocycles. The molecule has 3 unspecified atom stereocenters. The summed E-state index contributed by atoms with van der Waals surface area (Å²) in [5, 5.41) is 20.6. The lowest BCUT2D eigenvalue weighted by Crippen LogP contribution is -2.57. The van der Waals surface area contributed by atoms with Crippen molar-refractivity contribution in [2.75, 3.05) is 46.4 Å². The molecule has 1 aromatic carbocycles. The van der Waals surface area contributed by atoms with E-state index in [9.17, 15) is 9.90 Å². The number of carbonyl (C=O) groups is 1. The van der Waals surface area contributed by atoms with Crippen LogP contribution < -0.4 is 4.74 Å². The number of carbonyl (C=O) groups excluding carboxylic acids is 1. The second-order valence-electron chi connectivity index (χ2n) is 9.68. The van der Waals surface area contributed by atoms with Crippen molar-refractivity contribution >= 4 is 6.03 Å². The van der Waals surface area contributed by atoms with Crippen LogP contribution in [0.3, 0.4) is 0 Å². The predicted molar refractivity (Wildman–Crippen MR) is 116 cm³/mol. The molecule has 1 N–H and O–H groups in total. The Balaban J connectivity index is 1.45. The Morgan fingerprint density at radius 1 is 1.23 bits per heavy atom. The maximum Gasteiger partial charge on any atom is 0.343 e. The van der Waals surface area contributed by atoms with Gasteiger partial charge >= 0.3 is 6.03 Å². The van der Waals surface area contributed by atoms with E-state index in [1.54, 1.807) is 31.3 Å². The quantitative estimate of drug-likeness (QED) is 0.697. The van der Waals surface area contributed by atoms with E-state index in [1.807, 2.05) is 25.7 Å². The van der Waals surface area contributed by atoms with Gasteiger partial charge in [-0.25, -0.2) is 9.86 Å². The first kappa shape index (κ1) is 23.3. The summed E-state index contributed by atoms with van der Waals surface area (Å²) in [7, 11) is 1.68. The highest BCUT2D eigenvalue weighted by Gasteiger charge is 2.37. The summed E-state index contributed by atoms with van der Waals surface area (Å²) in [6.45, 7) is 9.67. The van der Waals surface area contributed by atoms with Crippen LogP contribution in [-0.2, 0) is 4.84 Å². The number of urea groups is 1. The SMILES string of the molecule is CN(OC(C)(C)C)C(=O)N1CC2CC(CN(CC(O)COc3ccc(C#N)cc3)C2)C1. The van der Waals surface area contributed by atoms with Crippen molar-refractivity contribution in [1.82, 2.24) is 14.9 Å². The largest absolute Gasteiger partial charge is 0.491 e. The molecule has 31 heavy (non-hydrogen) atoms. The average Bonchev–Trinajstić information content (AvgIpc) is 2.70. The molecule has 2 amide bonds. The second-order valence-corrected chi connectivity index (χ2v) is 9.68. The maximum absolute atomic E-state index is 12.8. The summed E-state index contributed by atoms with van der Waals surface area (Å²) in [6.07, 6.45) is 0.514. The first-order valence-corrected chi connectivity index (χ1v) is 10.9. The number of hydrogen-bond donors (Lipinski definition) is 1. The van der Waals surface area contributed by atoms with Gasteiger partial charge in [0.15, 0.2) is 0 Å². The molecule has 1 aromatic rings. The minimum Gasteiger partial charge on any atom is -0.491 e. The van der Waals surface area contributed by atoms with Gasteiger partial charge in [-0.05, 0) is 63.3 Å². The lowest BCUT2D eigenvalue weighted by atomic mass is 9.84. The molecule has 2 aliphatic rings. The van der Waals surface area contributed by atoms with Gasteiger partial charge in [0, 0.05) is 39.8 Å². The van der Waals surface area contributed by atoms with Crippen molar-refractivity contribution in [2.45, 2.75) is 38.9 Å². The zero-order chi connectivity index (χ0) is 22.6. The molecule has 170 valence electrons. The van der Waals surface area contributed by atoms with Gasteiger partial charge in [0.05, 0.1) is 17.2 Å². The third kappa shape index (κ3) is 6.82. The van der Waals surface area contributed by atoms with Crippen molar-refractivity contribution in [3.8, 4) is 11.8 Å². The number of ether oxygens (including phenoxy) is 1. The van der Waals surface area contributed by atoms with Crippen LogP contribution >= 0.6 is 0 Å². The average molecular weight is 431 g/mol. The summed E-state index contributed by atoms with van der Waals surface area (Å²) in [5.74, 6) is 1.43. The number of hydroxylamine groups is 2. The van der Waals surface area contributed by atoms with E-state index >= 15 is 0 Å². The van der Waals surface area contributed by atoms with Crippen LogP contribution in [0.4, 0.5) is 4.79 Å². The number of fused-ring (bicyclic) bond motifs is 2. The number of rotatable bonds is 6. The third-order valence-electron chi connectivity index (χ3n) is 5.50. The fraction of sp³-hybridized carbons (Fsp3) is 0.652. The first-order chi connectivity index (χ1) is 14.6. The number of benzene rings is 1. The van der Waals surface area contributed by atoms with E-state index in [2.05, 4.69) is 11.0 Å². The summed E-state index contributed by atoms with van der Waals surface area (Å²) >= 11 is 0. The van der Waals surface area contributed by atoms with Gasteiger partial charge in [0.1, 0.15) is 18.5 Å². The van der Waals surface area contributed by atoms with Crippen LogP contribution in [0.15, 0.2) is 24.3 Å². The molecule has 3 atom stereocenters. The Hall–Kier alpha value is -2.34. The van der Waals surface area contributed by atoms with Gasteiger partial charge in [0.25, 0.3) is 0 Å². The van der Waals surface area contributed by atoms with Gasteiger partial charge in [-0.2, -0.15) is 5.26 Å². The summed E-state index contributed by atoms with van der Waals surface area (Å²) in [4.78, 5) is 22.6. The molecule has 8 heteroatoms. The minimum atomic E-state index is -0.599. The number of amides is 2. The van der Waals surface area contributed by atoms with E-state index in [1.165, 1.54) is 5.06 Å². The lowest BCUT2D eigenvalue weighted by Gasteiger charge is -2.46. The molecule has 8 nitrogen and oxygen atoms in total. The van der Waals surface area contributed by atoms with Crippen LogP contribution in [-0.4, -0.2) is 84.1 Å². The Labute approximate surface area is 184 Å². The van der Waals surface area contributed by atoms with E-state index in [-0.39, 0.29) is 12.6 Å². The Morgan fingerprint density at radius 3 is 2.39 bits per heavy atom. The zero-order valence-electron chi connectivity index (χ0n) is 19.0. The monoisotopic (exact) mass is 430 g/mol. The maximum atomic E-state index is 12.8. The van der Waals surface area contributed by atoms with Crippen molar-refractivity contribution < 1.29 is 19.5 Å². The summed E-state index contributed by atoms with van der Waals surface area (Å²) < 4.78 is 5.66. The zero-order valence-corrected chi connectivity index (χ0v) is 19.0. The van der Waals surface area contributed by atoms with Crippen LogP contribution in [0.25, 0.3) is 0 Å².